The first-order valence-corrected chi connectivity index (χ1v) is 7.39. The van der Waals surface area contributed by atoms with Crippen LogP contribution in [0.2, 0.25) is 0 Å². The summed E-state index contributed by atoms with van der Waals surface area (Å²) in [6.45, 7) is 7.81. The van der Waals surface area contributed by atoms with Crippen LogP contribution in [0, 0.1) is 20.8 Å². The number of aliphatic hydroxyl groups is 1. The fourth-order valence-electron chi connectivity index (χ4n) is 2.51. The minimum atomic E-state index is -0.124. The van der Waals surface area contributed by atoms with Crippen molar-refractivity contribution in [2.24, 2.45) is 0 Å². The number of likely N-dealkylation sites (N-methyl/N-ethyl adjacent to an activating group) is 1. The normalized spacial score (nSPS) is 11.4. The minimum absolute atomic E-state index is 0.124. The van der Waals surface area contributed by atoms with Gasteiger partial charge in [0.15, 0.2) is 0 Å². The van der Waals surface area contributed by atoms with Gasteiger partial charge in [-0.1, -0.05) is 0 Å². The number of aromatic nitrogens is 3. The number of aryl methyl sites for hydroxylation is 3. The predicted molar refractivity (Wildman–Crippen MR) is 84.6 cm³/mol. The number of hydrogen-bond acceptors (Lipinski definition) is 5. The zero-order valence-electron chi connectivity index (χ0n) is 13.7. The molecule has 0 spiro atoms. The standard InChI is InChI=1S/C16H24N4O2/c1-11-7-12(2)20(18-11)6-5-19(4)9-15-14(10-21)8-17-13(3)16(15)22/h7-8,21-22H,5-6,9-10H2,1-4H3. The first kappa shape index (κ1) is 16.5. The maximum Gasteiger partial charge on any atom is 0.141 e. The number of nitrogens with zero attached hydrogens (tertiary/aromatic N) is 4. The molecular formula is C16H24N4O2. The molecule has 0 bridgehead atoms. The monoisotopic (exact) mass is 304 g/mol. The highest BCUT2D eigenvalue weighted by Gasteiger charge is 2.13. The number of pyridine rings is 1. The van der Waals surface area contributed by atoms with Crippen molar-refractivity contribution in [2.45, 2.75) is 40.5 Å². The summed E-state index contributed by atoms with van der Waals surface area (Å²) in [5, 5.41) is 24.0. The molecule has 0 aliphatic heterocycles. The Morgan fingerprint density at radius 1 is 1.27 bits per heavy atom. The summed E-state index contributed by atoms with van der Waals surface area (Å²) in [5.41, 5.74) is 4.15. The van der Waals surface area contributed by atoms with Crippen LogP contribution in [0.15, 0.2) is 12.3 Å². The Balaban J connectivity index is 2.04. The van der Waals surface area contributed by atoms with Crippen LogP contribution < -0.4 is 0 Å². The van der Waals surface area contributed by atoms with Crippen LogP contribution in [-0.2, 0) is 19.7 Å². The van der Waals surface area contributed by atoms with Gasteiger partial charge in [0.2, 0.25) is 0 Å². The van der Waals surface area contributed by atoms with Crippen molar-refractivity contribution in [1.82, 2.24) is 19.7 Å². The summed E-state index contributed by atoms with van der Waals surface area (Å²) in [6, 6.07) is 2.06. The van der Waals surface area contributed by atoms with Crippen molar-refractivity contribution in [1.29, 1.82) is 0 Å². The average Bonchev–Trinajstić information content (AvgIpc) is 2.80. The van der Waals surface area contributed by atoms with E-state index in [2.05, 4.69) is 21.0 Å². The molecule has 2 aromatic rings. The molecule has 2 N–H and O–H groups in total. The van der Waals surface area contributed by atoms with Crippen LogP contribution in [-0.4, -0.2) is 43.5 Å². The molecule has 6 nitrogen and oxygen atoms in total. The Morgan fingerprint density at radius 3 is 2.59 bits per heavy atom. The third kappa shape index (κ3) is 3.64. The zero-order chi connectivity index (χ0) is 16.3. The molecule has 120 valence electrons. The molecule has 0 atom stereocenters. The highest BCUT2D eigenvalue weighted by atomic mass is 16.3. The molecule has 0 aliphatic carbocycles. The summed E-state index contributed by atoms with van der Waals surface area (Å²) in [7, 11) is 1.99. The van der Waals surface area contributed by atoms with Gasteiger partial charge in [-0.2, -0.15) is 5.10 Å². The lowest BCUT2D eigenvalue weighted by atomic mass is 10.1. The van der Waals surface area contributed by atoms with E-state index >= 15 is 0 Å². The summed E-state index contributed by atoms with van der Waals surface area (Å²) < 4.78 is 1.98. The Morgan fingerprint density at radius 2 is 2.00 bits per heavy atom. The van der Waals surface area contributed by atoms with Gasteiger partial charge in [0.1, 0.15) is 5.75 Å². The quantitative estimate of drug-likeness (QED) is 0.846. The van der Waals surface area contributed by atoms with E-state index in [4.69, 9.17) is 0 Å². The molecule has 0 aliphatic rings. The third-order valence-corrected chi connectivity index (χ3v) is 3.83. The molecule has 2 heterocycles. The fraction of sp³-hybridized carbons (Fsp3) is 0.500. The second-order valence-electron chi connectivity index (χ2n) is 5.74. The molecule has 0 amide bonds. The molecule has 0 aromatic carbocycles. The topological polar surface area (TPSA) is 74.4 Å². The maximum absolute atomic E-state index is 10.2. The van der Waals surface area contributed by atoms with Gasteiger partial charge >= 0.3 is 0 Å². The number of rotatable bonds is 6. The van der Waals surface area contributed by atoms with E-state index in [1.165, 1.54) is 0 Å². The number of aromatic hydroxyl groups is 1. The highest BCUT2D eigenvalue weighted by Crippen LogP contribution is 2.25. The number of hydrogen-bond donors (Lipinski definition) is 2. The lowest BCUT2D eigenvalue weighted by Crippen LogP contribution is -2.24. The Labute approximate surface area is 131 Å². The molecule has 0 saturated heterocycles. The van der Waals surface area contributed by atoms with Crippen LogP contribution in [0.3, 0.4) is 0 Å². The van der Waals surface area contributed by atoms with Gasteiger partial charge in [0.25, 0.3) is 0 Å². The van der Waals surface area contributed by atoms with E-state index < -0.39 is 0 Å². The van der Waals surface area contributed by atoms with Gasteiger partial charge < -0.3 is 15.1 Å². The van der Waals surface area contributed by atoms with Crippen LogP contribution in [0.4, 0.5) is 0 Å². The smallest absolute Gasteiger partial charge is 0.141 e. The van der Waals surface area contributed by atoms with E-state index in [1.807, 2.05) is 25.6 Å². The van der Waals surface area contributed by atoms with Crippen LogP contribution in [0.1, 0.15) is 28.2 Å². The highest BCUT2D eigenvalue weighted by molar-refractivity contribution is 5.40. The van der Waals surface area contributed by atoms with E-state index in [0.717, 1.165) is 30.0 Å². The number of aliphatic hydroxyl groups excluding tert-OH is 1. The van der Waals surface area contributed by atoms with Crippen molar-refractivity contribution in [3.05, 3.63) is 40.5 Å². The van der Waals surface area contributed by atoms with Crippen molar-refractivity contribution >= 4 is 0 Å². The molecular weight excluding hydrogens is 280 g/mol. The van der Waals surface area contributed by atoms with E-state index in [9.17, 15) is 10.2 Å². The molecule has 6 heteroatoms. The van der Waals surface area contributed by atoms with Crippen molar-refractivity contribution in [3.63, 3.8) is 0 Å². The molecule has 2 aromatic heterocycles. The van der Waals surface area contributed by atoms with Crippen molar-refractivity contribution < 1.29 is 10.2 Å². The second kappa shape index (κ2) is 6.89. The summed E-state index contributed by atoms with van der Waals surface area (Å²) >= 11 is 0. The summed E-state index contributed by atoms with van der Waals surface area (Å²) in [4.78, 5) is 6.18. The summed E-state index contributed by atoms with van der Waals surface area (Å²) in [6.07, 6.45) is 1.62. The molecule has 22 heavy (non-hydrogen) atoms. The van der Waals surface area contributed by atoms with Gasteiger partial charge in [-0.3, -0.25) is 9.67 Å². The lowest BCUT2D eigenvalue weighted by molar-refractivity contribution is 0.268. The maximum atomic E-state index is 10.2. The second-order valence-corrected chi connectivity index (χ2v) is 5.74. The Hall–Kier alpha value is -1.92. The van der Waals surface area contributed by atoms with Crippen molar-refractivity contribution in [2.75, 3.05) is 13.6 Å². The van der Waals surface area contributed by atoms with Gasteiger partial charge in [-0.25, -0.2) is 0 Å². The predicted octanol–water partition coefficient (Wildman–Crippen LogP) is 1.53. The van der Waals surface area contributed by atoms with Crippen LogP contribution in [0.25, 0.3) is 0 Å². The molecule has 0 fully saturated rings. The van der Waals surface area contributed by atoms with E-state index in [-0.39, 0.29) is 12.4 Å². The Bertz CT molecular complexity index is 652. The van der Waals surface area contributed by atoms with Gasteiger partial charge in [-0.15, -0.1) is 0 Å². The first-order valence-electron chi connectivity index (χ1n) is 7.39. The van der Waals surface area contributed by atoms with Gasteiger partial charge in [0.05, 0.1) is 24.5 Å². The first-order chi connectivity index (χ1) is 10.4. The zero-order valence-corrected chi connectivity index (χ0v) is 13.7. The van der Waals surface area contributed by atoms with E-state index in [0.29, 0.717) is 17.8 Å². The third-order valence-electron chi connectivity index (χ3n) is 3.83. The molecule has 2 rings (SSSR count). The van der Waals surface area contributed by atoms with Gasteiger partial charge in [-0.05, 0) is 33.9 Å². The molecule has 0 saturated carbocycles. The van der Waals surface area contributed by atoms with Crippen LogP contribution in [0.5, 0.6) is 5.75 Å². The van der Waals surface area contributed by atoms with Crippen LogP contribution >= 0.6 is 0 Å². The van der Waals surface area contributed by atoms with E-state index in [1.54, 1.807) is 13.1 Å². The largest absolute Gasteiger partial charge is 0.506 e. The fourth-order valence-corrected chi connectivity index (χ4v) is 2.51. The van der Waals surface area contributed by atoms with Crippen molar-refractivity contribution in [3.8, 4) is 5.75 Å². The van der Waals surface area contributed by atoms with Gasteiger partial charge in [0, 0.05) is 36.1 Å². The average molecular weight is 304 g/mol. The summed E-state index contributed by atoms with van der Waals surface area (Å²) in [5.74, 6) is 0.171. The minimum Gasteiger partial charge on any atom is -0.506 e. The Kier molecular flexibility index (Phi) is 5.15. The molecule has 0 unspecified atom stereocenters. The lowest BCUT2D eigenvalue weighted by Gasteiger charge is -2.20. The SMILES string of the molecule is Cc1cc(C)n(CCN(C)Cc2c(CO)cnc(C)c2O)n1. The molecule has 0 radical (unpaired) electrons.